The van der Waals surface area contributed by atoms with Crippen molar-refractivity contribution in [3.05, 3.63) is 29.3 Å². The van der Waals surface area contributed by atoms with E-state index in [9.17, 15) is 9.90 Å². The minimum Gasteiger partial charge on any atom is -0.507 e. The van der Waals surface area contributed by atoms with Crippen molar-refractivity contribution in [1.82, 2.24) is 0 Å². The third-order valence-electron chi connectivity index (χ3n) is 3.00. The number of carbonyl (C=O) groups is 1. The number of carbonyl (C=O) groups excluding carboxylic acids is 1. The van der Waals surface area contributed by atoms with E-state index in [0.29, 0.717) is 12.2 Å². The molecule has 114 valence electrons. The van der Waals surface area contributed by atoms with Gasteiger partial charge in [0.25, 0.3) is 0 Å². The van der Waals surface area contributed by atoms with Gasteiger partial charge in [-0.3, -0.25) is 4.79 Å². The number of benzene rings is 1. The smallest absolute Gasteiger partial charge is 0.217 e. The molecule has 1 aromatic carbocycles. The fourth-order valence-corrected chi connectivity index (χ4v) is 1.75. The summed E-state index contributed by atoms with van der Waals surface area (Å²) in [6, 6.07) is 6.04. The summed E-state index contributed by atoms with van der Waals surface area (Å²) in [6.45, 7) is 14.4. The molecule has 1 rings (SSSR count). The molecule has 0 saturated carbocycles. The van der Waals surface area contributed by atoms with E-state index in [0.717, 1.165) is 11.1 Å². The lowest BCUT2D eigenvalue weighted by Gasteiger charge is -2.26. The number of primary amides is 1. The van der Waals surface area contributed by atoms with Crippen LogP contribution in [-0.2, 0) is 15.6 Å². The second-order valence-corrected chi connectivity index (χ2v) is 7.02. The lowest BCUT2D eigenvalue weighted by atomic mass is 9.80. The summed E-state index contributed by atoms with van der Waals surface area (Å²) < 4.78 is 0. The zero-order valence-electron chi connectivity index (χ0n) is 13.9. The first-order chi connectivity index (χ1) is 8.91. The van der Waals surface area contributed by atoms with Crippen LogP contribution in [0.3, 0.4) is 0 Å². The van der Waals surface area contributed by atoms with Crippen LogP contribution in [0.1, 0.15) is 66.0 Å². The minimum atomic E-state index is -0.245. The van der Waals surface area contributed by atoms with Gasteiger partial charge in [0.1, 0.15) is 5.75 Å². The Kier molecular flexibility index (Phi) is 6.27. The fraction of sp³-hybridized carbons (Fsp3) is 0.588. The SMILES string of the molecule is CC(C)(C)c1cccc(C(C)(C)C)c1O.CCC(N)=O. The van der Waals surface area contributed by atoms with Gasteiger partial charge in [0.15, 0.2) is 0 Å². The number of nitrogens with two attached hydrogens (primary N) is 1. The summed E-state index contributed by atoms with van der Waals surface area (Å²) in [4.78, 5) is 9.59. The normalized spacial score (nSPS) is 11.6. The molecule has 3 nitrogen and oxygen atoms in total. The molecule has 0 aromatic heterocycles. The van der Waals surface area contributed by atoms with Crippen molar-refractivity contribution in [2.45, 2.75) is 65.7 Å². The first-order valence-corrected chi connectivity index (χ1v) is 7.02. The van der Waals surface area contributed by atoms with Crippen LogP contribution in [-0.4, -0.2) is 11.0 Å². The molecule has 0 radical (unpaired) electrons. The number of hydrogen-bond donors (Lipinski definition) is 2. The number of phenols is 1. The lowest BCUT2D eigenvalue weighted by Crippen LogP contribution is -2.16. The van der Waals surface area contributed by atoms with Gasteiger partial charge in [-0.05, 0) is 22.0 Å². The highest BCUT2D eigenvalue weighted by Gasteiger charge is 2.24. The minimum absolute atomic E-state index is 0.00859. The van der Waals surface area contributed by atoms with Crippen LogP contribution in [0.25, 0.3) is 0 Å². The van der Waals surface area contributed by atoms with Crippen molar-refractivity contribution in [3.8, 4) is 5.75 Å². The summed E-state index contributed by atoms with van der Waals surface area (Å²) in [5.41, 5.74) is 6.68. The first-order valence-electron chi connectivity index (χ1n) is 7.02. The number of amides is 1. The van der Waals surface area contributed by atoms with E-state index in [2.05, 4.69) is 47.3 Å². The predicted octanol–water partition coefficient (Wildman–Crippen LogP) is 3.87. The molecule has 20 heavy (non-hydrogen) atoms. The number of rotatable bonds is 1. The summed E-state index contributed by atoms with van der Waals surface area (Å²) in [5.74, 6) is 0.211. The van der Waals surface area contributed by atoms with Crippen molar-refractivity contribution in [2.75, 3.05) is 0 Å². The summed E-state index contributed by atoms with van der Waals surface area (Å²) in [5, 5.41) is 10.3. The largest absolute Gasteiger partial charge is 0.507 e. The zero-order valence-corrected chi connectivity index (χ0v) is 13.9. The maximum absolute atomic E-state index is 10.3. The topological polar surface area (TPSA) is 63.3 Å². The van der Waals surface area contributed by atoms with Crippen molar-refractivity contribution in [3.63, 3.8) is 0 Å². The average Bonchev–Trinajstić information content (AvgIpc) is 2.26. The lowest BCUT2D eigenvalue weighted by molar-refractivity contribution is -0.117. The van der Waals surface area contributed by atoms with Crippen LogP contribution >= 0.6 is 0 Å². The molecule has 0 aliphatic carbocycles. The molecular weight excluding hydrogens is 250 g/mol. The van der Waals surface area contributed by atoms with Crippen molar-refractivity contribution in [1.29, 1.82) is 0 Å². The molecule has 3 heteroatoms. The molecule has 1 aromatic rings. The van der Waals surface area contributed by atoms with Crippen LogP contribution in [0.5, 0.6) is 5.75 Å². The average molecular weight is 279 g/mol. The van der Waals surface area contributed by atoms with Crippen molar-refractivity contribution >= 4 is 5.91 Å². The number of para-hydroxylation sites is 1. The first kappa shape index (κ1) is 18.5. The Morgan fingerprint density at radius 1 is 1.05 bits per heavy atom. The Labute approximate surface area is 123 Å². The second-order valence-electron chi connectivity index (χ2n) is 7.02. The van der Waals surface area contributed by atoms with Crippen molar-refractivity contribution < 1.29 is 9.90 Å². The molecule has 0 unspecified atom stereocenters. The van der Waals surface area contributed by atoms with Gasteiger partial charge in [-0.2, -0.15) is 0 Å². The molecule has 3 N–H and O–H groups in total. The molecular formula is C17H29NO2. The van der Waals surface area contributed by atoms with E-state index in [1.807, 2.05) is 18.2 Å². The number of aromatic hydroxyl groups is 1. The summed E-state index contributed by atoms with van der Waals surface area (Å²) >= 11 is 0. The molecule has 0 spiro atoms. The molecule has 0 fully saturated rings. The highest BCUT2D eigenvalue weighted by atomic mass is 16.3. The third kappa shape index (κ3) is 5.64. The van der Waals surface area contributed by atoms with Gasteiger partial charge < -0.3 is 10.8 Å². The molecule has 0 atom stereocenters. The molecule has 0 aliphatic rings. The van der Waals surface area contributed by atoms with Crippen LogP contribution < -0.4 is 5.73 Å². The Bertz CT molecular complexity index is 419. The van der Waals surface area contributed by atoms with Gasteiger partial charge in [-0.25, -0.2) is 0 Å². The van der Waals surface area contributed by atoms with E-state index in [1.54, 1.807) is 6.92 Å². The van der Waals surface area contributed by atoms with Crippen LogP contribution in [0.4, 0.5) is 0 Å². The summed E-state index contributed by atoms with van der Waals surface area (Å²) in [6.07, 6.45) is 0.444. The molecule has 0 aliphatic heterocycles. The number of phenolic OH excluding ortho intramolecular Hbond substituents is 1. The molecule has 1 amide bonds. The van der Waals surface area contributed by atoms with E-state index in [1.165, 1.54) is 0 Å². The van der Waals surface area contributed by atoms with Crippen LogP contribution in [0.15, 0.2) is 18.2 Å². The maximum Gasteiger partial charge on any atom is 0.217 e. The second kappa shape index (κ2) is 6.78. The standard InChI is InChI=1S/C14H22O.C3H7NO/c1-13(2,3)10-8-7-9-11(12(10)15)14(4,5)6;1-2-3(4)5/h7-9,15H,1-6H3;2H2,1H3,(H2,4,5). The van der Waals surface area contributed by atoms with Gasteiger partial charge >= 0.3 is 0 Å². The van der Waals surface area contributed by atoms with Crippen LogP contribution in [0, 0.1) is 0 Å². The quantitative estimate of drug-likeness (QED) is 0.819. The fourth-order valence-electron chi connectivity index (χ4n) is 1.75. The Morgan fingerprint density at radius 2 is 1.35 bits per heavy atom. The molecule has 0 saturated heterocycles. The van der Waals surface area contributed by atoms with E-state index in [4.69, 9.17) is 0 Å². The van der Waals surface area contributed by atoms with Gasteiger partial charge in [0.05, 0.1) is 0 Å². The zero-order chi connectivity index (χ0) is 16.1. The third-order valence-corrected chi connectivity index (χ3v) is 3.00. The van der Waals surface area contributed by atoms with Gasteiger partial charge in [0, 0.05) is 6.42 Å². The highest BCUT2D eigenvalue weighted by molar-refractivity contribution is 5.73. The van der Waals surface area contributed by atoms with E-state index in [-0.39, 0.29) is 16.7 Å². The van der Waals surface area contributed by atoms with E-state index >= 15 is 0 Å². The van der Waals surface area contributed by atoms with Gasteiger partial charge in [-0.1, -0.05) is 66.7 Å². The Morgan fingerprint density at radius 3 is 1.55 bits per heavy atom. The Hall–Kier alpha value is -1.51. The van der Waals surface area contributed by atoms with E-state index < -0.39 is 0 Å². The van der Waals surface area contributed by atoms with Gasteiger partial charge in [-0.15, -0.1) is 0 Å². The maximum atomic E-state index is 10.3. The van der Waals surface area contributed by atoms with Crippen LogP contribution in [0.2, 0.25) is 0 Å². The molecule has 0 heterocycles. The van der Waals surface area contributed by atoms with Gasteiger partial charge in [0.2, 0.25) is 5.91 Å². The van der Waals surface area contributed by atoms with Crippen molar-refractivity contribution in [2.24, 2.45) is 5.73 Å². The highest BCUT2D eigenvalue weighted by Crippen LogP contribution is 2.38. The number of hydrogen-bond acceptors (Lipinski definition) is 2. The Balaban J connectivity index is 0.000000621. The predicted molar refractivity (Wildman–Crippen MR) is 85.0 cm³/mol. The molecule has 0 bridgehead atoms. The summed E-state index contributed by atoms with van der Waals surface area (Å²) in [7, 11) is 0. The monoisotopic (exact) mass is 279 g/mol.